The molecule has 3 heterocycles. The summed E-state index contributed by atoms with van der Waals surface area (Å²) in [5.41, 5.74) is 3.72. The van der Waals surface area contributed by atoms with Gasteiger partial charge in [0.2, 0.25) is 5.52 Å². The lowest BCUT2D eigenvalue weighted by Crippen LogP contribution is -2.53. The van der Waals surface area contributed by atoms with Gasteiger partial charge in [-0.25, -0.2) is 8.78 Å². The second-order valence-electron chi connectivity index (χ2n) is 9.11. The number of rotatable bonds is 4. The lowest BCUT2D eigenvalue weighted by molar-refractivity contribution is 0.150. The first-order valence-electron chi connectivity index (χ1n) is 11.8. The van der Waals surface area contributed by atoms with Gasteiger partial charge in [0, 0.05) is 38.8 Å². The minimum absolute atomic E-state index is 0.0435. The molecule has 0 unspecified atom stereocenters. The molecule has 0 amide bonds. The number of pyridine rings is 2. The number of aromatic nitrogens is 2. The Morgan fingerprint density at radius 2 is 1.58 bits per heavy atom. The van der Waals surface area contributed by atoms with E-state index in [9.17, 15) is 13.6 Å². The largest absolute Gasteiger partial charge is 0.365 e. The van der Waals surface area contributed by atoms with E-state index in [4.69, 9.17) is 6.57 Å². The minimum atomic E-state index is -0.307. The zero-order valence-corrected chi connectivity index (χ0v) is 20.0. The van der Waals surface area contributed by atoms with E-state index in [0.717, 1.165) is 11.1 Å². The number of piperazine rings is 1. The molecule has 0 bridgehead atoms. The lowest BCUT2D eigenvalue weighted by Gasteiger charge is -2.45. The standard InChI is InChI=1S/C28H25F2N5O/c1-18-17-34(24-16-26(36)33(3)23-12-13-25(31-2)32-27(23)24)14-15-35(18)28(19-4-8-21(29)9-5-19)20-6-10-22(30)11-7-20/h4-13,16,18,28H,14-15,17H2,1,3H3/t18-/m0/s1. The molecule has 6 nitrogen and oxygen atoms in total. The molecule has 1 aliphatic rings. The van der Waals surface area contributed by atoms with E-state index in [1.165, 1.54) is 24.3 Å². The smallest absolute Gasteiger partial charge is 0.270 e. The van der Waals surface area contributed by atoms with Crippen LogP contribution in [0, 0.1) is 18.2 Å². The van der Waals surface area contributed by atoms with E-state index in [0.29, 0.717) is 36.4 Å². The van der Waals surface area contributed by atoms with Crippen LogP contribution < -0.4 is 10.5 Å². The maximum atomic E-state index is 13.7. The Kier molecular flexibility index (Phi) is 6.25. The van der Waals surface area contributed by atoms with Crippen LogP contribution in [0.25, 0.3) is 15.9 Å². The monoisotopic (exact) mass is 485 g/mol. The third-order valence-corrected chi connectivity index (χ3v) is 6.89. The maximum Gasteiger partial charge on any atom is 0.270 e. The first kappa shape index (κ1) is 23.6. The van der Waals surface area contributed by atoms with Gasteiger partial charge in [0.1, 0.15) is 11.6 Å². The molecule has 2 aromatic heterocycles. The zero-order chi connectivity index (χ0) is 25.4. The van der Waals surface area contributed by atoms with Gasteiger partial charge < -0.3 is 14.3 Å². The molecule has 5 rings (SSSR count). The van der Waals surface area contributed by atoms with Crippen LogP contribution in [0.2, 0.25) is 0 Å². The van der Waals surface area contributed by atoms with E-state index in [1.54, 1.807) is 54.1 Å². The van der Waals surface area contributed by atoms with E-state index in [2.05, 4.69) is 26.6 Å². The molecule has 1 aliphatic heterocycles. The topological polar surface area (TPSA) is 45.7 Å². The molecule has 182 valence electrons. The molecule has 1 fully saturated rings. The van der Waals surface area contributed by atoms with Gasteiger partial charge in [0.05, 0.1) is 17.2 Å². The second kappa shape index (κ2) is 9.51. The third-order valence-electron chi connectivity index (χ3n) is 6.89. The highest BCUT2D eigenvalue weighted by atomic mass is 19.1. The molecule has 8 heteroatoms. The van der Waals surface area contributed by atoms with Gasteiger partial charge in [-0.15, -0.1) is 4.98 Å². The van der Waals surface area contributed by atoms with Crippen molar-refractivity contribution in [3.05, 3.63) is 111 Å². The number of anilines is 1. The van der Waals surface area contributed by atoms with E-state index in [1.807, 2.05) is 0 Å². The van der Waals surface area contributed by atoms with Crippen molar-refractivity contribution in [3.63, 3.8) is 0 Å². The number of fused-ring (bicyclic) bond motifs is 1. The Labute approximate surface area is 207 Å². The zero-order valence-electron chi connectivity index (χ0n) is 20.0. The molecule has 1 saturated heterocycles. The van der Waals surface area contributed by atoms with Crippen LogP contribution in [-0.2, 0) is 7.05 Å². The second-order valence-corrected chi connectivity index (χ2v) is 9.11. The summed E-state index contributed by atoms with van der Waals surface area (Å²) < 4.78 is 28.9. The van der Waals surface area contributed by atoms with Gasteiger partial charge in [-0.05, 0) is 54.4 Å². The van der Waals surface area contributed by atoms with Crippen molar-refractivity contribution in [2.75, 3.05) is 24.5 Å². The van der Waals surface area contributed by atoms with Crippen LogP contribution in [0.15, 0.2) is 71.5 Å². The Bertz CT molecular complexity index is 1460. The molecule has 0 radical (unpaired) electrons. The number of aryl methyl sites for hydroxylation is 1. The van der Waals surface area contributed by atoms with E-state index in [-0.39, 0.29) is 35.1 Å². The highest BCUT2D eigenvalue weighted by Gasteiger charge is 2.33. The summed E-state index contributed by atoms with van der Waals surface area (Å²) in [6, 6.07) is 17.7. The number of halogens is 2. The van der Waals surface area contributed by atoms with Crippen LogP contribution in [-0.4, -0.2) is 40.1 Å². The SMILES string of the molecule is [C-]#[N+]c1ccc2c(n1)c(N1CCN(C(c3ccc(F)cc3)c3ccc(F)cc3)[C@@H](C)C1)cc(=O)n2C. The highest BCUT2D eigenvalue weighted by Crippen LogP contribution is 2.34. The predicted molar refractivity (Wildman–Crippen MR) is 136 cm³/mol. The molecule has 0 spiro atoms. The fourth-order valence-electron chi connectivity index (χ4n) is 5.04. The normalized spacial score (nSPS) is 16.4. The van der Waals surface area contributed by atoms with Crippen molar-refractivity contribution in [3.8, 4) is 0 Å². The van der Waals surface area contributed by atoms with Gasteiger partial charge in [-0.3, -0.25) is 9.69 Å². The predicted octanol–water partition coefficient (Wildman–Crippen LogP) is 5.06. The highest BCUT2D eigenvalue weighted by molar-refractivity contribution is 5.89. The molecule has 36 heavy (non-hydrogen) atoms. The van der Waals surface area contributed by atoms with Gasteiger partial charge in [0.15, 0.2) is 0 Å². The third kappa shape index (κ3) is 4.34. The Morgan fingerprint density at radius 1 is 0.972 bits per heavy atom. The van der Waals surface area contributed by atoms with Crippen molar-refractivity contribution < 1.29 is 8.78 Å². The van der Waals surface area contributed by atoms with Gasteiger partial charge in [-0.1, -0.05) is 30.8 Å². The summed E-state index contributed by atoms with van der Waals surface area (Å²) in [4.78, 5) is 25.1. The van der Waals surface area contributed by atoms with E-state index < -0.39 is 0 Å². The number of hydrogen-bond acceptors (Lipinski definition) is 4. The van der Waals surface area contributed by atoms with Gasteiger partial charge in [0.25, 0.3) is 11.4 Å². The van der Waals surface area contributed by atoms with Crippen LogP contribution in [0.3, 0.4) is 0 Å². The average molecular weight is 486 g/mol. The van der Waals surface area contributed by atoms with E-state index >= 15 is 0 Å². The number of hydrogen-bond donors (Lipinski definition) is 0. The van der Waals surface area contributed by atoms with Crippen LogP contribution in [0.1, 0.15) is 24.1 Å². The minimum Gasteiger partial charge on any atom is -0.365 e. The summed E-state index contributed by atoms with van der Waals surface area (Å²) in [6.07, 6.45) is 0. The molecule has 2 aromatic carbocycles. The van der Waals surface area contributed by atoms with Crippen molar-refractivity contribution in [1.82, 2.24) is 14.5 Å². The Morgan fingerprint density at radius 3 is 2.14 bits per heavy atom. The summed E-state index contributed by atoms with van der Waals surface area (Å²) in [5.74, 6) is -0.335. The van der Waals surface area contributed by atoms with Crippen LogP contribution in [0.4, 0.5) is 20.3 Å². The van der Waals surface area contributed by atoms with Crippen molar-refractivity contribution in [1.29, 1.82) is 0 Å². The summed E-state index contributed by atoms with van der Waals surface area (Å²) in [7, 11) is 1.70. The molecule has 4 aromatic rings. The molecular formula is C28H25F2N5O. The molecular weight excluding hydrogens is 460 g/mol. The first-order valence-corrected chi connectivity index (χ1v) is 11.8. The summed E-state index contributed by atoms with van der Waals surface area (Å²) >= 11 is 0. The lowest BCUT2D eigenvalue weighted by atomic mass is 9.94. The van der Waals surface area contributed by atoms with Gasteiger partial charge in [-0.2, -0.15) is 0 Å². The van der Waals surface area contributed by atoms with Crippen LogP contribution >= 0.6 is 0 Å². The molecule has 0 aliphatic carbocycles. The quantitative estimate of drug-likeness (QED) is 0.379. The number of benzene rings is 2. The maximum absolute atomic E-state index is 13.7. The molecule has 0 saturated carbocycles. The Balaban J connectivity index is 1.51. The van der Waals surface area contributed by atoms with Crippen molar-refractivity contribution in [2.45, 2.75) is 19.0 Å². The van der Waals surface area contributed by atoms with Crippen LogP contribution in [0.5, 0.6) is 0 Å². The first-order chi connectivity index (χ1) is 17.4. The summed E-state index contributed by atoms with van der Waals surface area (Å²) in [6.45, 7) is 11.3. The van der Waals surface area contributed by atoms with Crippen molar-refractivity contribution in [2.24, 2.45) is 7.05 Å². The average Bonchev–Trinajstić information content (AvgIpc) is 2.89. The van der Waals surface area contributed by atoms with Crippen molar-refractivity contribution >= 4 is 22.5 Å². The number of nitrogens with zero attached hydrogens (tertiary/aromatic N) is 5. The Hall–Kier alpha value is -4.09. The summed E-state index contributed by atoms with van der Waals surface area (Å²) in [5, 5.41) is 0. The molecule has 1 atom stereocenters. The fourth-order valence-corrected chi connectivity index (χ4v) is 5.04. The fraction of sp³-hybridized carbons (Fsp3) is 0.250. The van der Waals surface area contributed by atoms with Gasteiger partial charge >= 0.3 is 0 Å². The molecule has 0 N–H and O–H groups in total.